The van der Waals surface area contributed by atoms with E-state index in [0.29, 0.717) is 36.9 Å². The molecule has 0 spiro atoms. The van der Waals surface area contributed by atoms with Gasteiger partial charge in [-0.2, -0.15) is 0 Å². The molecule has 0 atom stereocenters. The van der Waals surface area contributed by atoms with Gasteiger partial charge in [-0.15, -0.1) is 11.3 Å². The molecule has 0 radical (unpaired) electrons. The minimum absolute atomic E-state index is 0.261. The SMILES string of the molecule is O=C(OCC(=O)N(Cc1cccs1)c1ccc2c(c1)OCCO2)c1ccoc1. The lowest BCUT2D eigenvalue weighted by Gasteiger charge is -2.25. The third-order valence-electron chi connectivity index (χ3n) is 4.12. The average molecular weight is 399 g/mol. The molecule has 1 amide bonds. The van der Waals surface area contributed by atoms with Crippen LogP contribution in [0.2, 0.25) is 0 Å². The van der Waals surface area contributed by atoms with E-state index in [1.807, 2.05) is 17.5 Å². The summed E-state index contributed by atoms with van der Waals surface area (Å²) in [6.07, 6.45) is 2.65. The number of furan rings is 1. The van der Waals surface area contributed by atoms with Crippen LogP contribution in [0, 0.1) is 0 Å². The van der Waals surface area contributed by atoms with Crippen LogP contribution in [0.5, 0.6) is 11.5 Å². The highest BCUT2D eigenvalue weighted by atomic mass is 32.1. The Kier molecular flexibility index (Phi) is 5.29. The van der Waals surface area contributed by atoms with Crippen molar-refractivity contribution in [3.63, 3.8) is 0 Å². The number of rotatable bonds is 6. The molecule has 4 rings (SSSR count). The molecule has 0 saturated heterocycles. The molecule has 3 heterocycles. The fourth-order valence-electron chi connectivity index (χ4n) is 2.75. The van der Waals surface area contributed by atoms with Gasteiger partial charge in [-0.25, -0.2) is 4.79 Å². The van der Waals surface area contributed by atoms with Gasteiger partial charge in [0, 0.05) is 16.6 Å². The van der Waals surface area contributed by atoms with Crippen LogP contribution in [0.3, 0.4) is 0 Å². The molecule has 1 aliphatic rings. The van der Waals surface area contributed by atoms with E-state index in [0.717, 1.165) is 4.88 Å². The summed E-state index contributed by atoms with van der Waals surface area (Å²) >= 11 is 1.54. The average Bonchev–Trinajstić information content (AvgIpc) is 3.44. The first-order valence-corrected chi connectivity index (χ1v) is 9.50. The van der Waals surface area contributed by atoms with Crippen molar-refractivity contribution in [2.24, 2.45) is 0 Å². The Balaban J connectivity index is 1.53. The van der Waals surface area contributed by atoms with Crippen molar-refractivity contribution in [1.82, 2.24) is 0 Å². The molecule has 0 saturated carbocycles. The van der Waals surface area contributed by atoms with Crippen LogP contribution in [0.25, 0.3) is 0 Å². The van der Waals surface area contributed by atoms with Gasteiger partial charge in [0.05, 0.1) is 18.4 Å². The zero-order chi connectivity index (χ0) is 19.3. The highest BCUT2D eigenvalue weighted by Gasteiger charge is 2.22. The van der Waals surface area contributed by atoms with Crippen LogP contribution < -0.4 is 14.4 Å². The van der Waals surface area contributed by atoms with Crippen molar-refractivity contribution in [3.05, 3.63) is 64.7 Å². The second kappa shape index (κ2) is 8.18. The van der Waals surface area contributed by atoms with Crippen LogP contribution in [-0.4, -0.2) is 31.7 Å². The van der Waals surface area contributed by atoms with E-state index in [2.05, 4.69) is 0 Å². The molecule has 28 heavy (non-hydrogen) atoms. The fourth-order valence-corrected chi connectivity index (χ4v) is 3.44. The predicted molar refractivity (Wildman–Crippen MR) is 102 cm³/mol. The van der Waals surface area contributed by atoms with Crippen LogP contribution in [0.15, 0.2) is 58.7 Å². The van der Waals surface area contributed by atoms with Crippen molar-refractivity contribution in [2.75, 3.05) is 24.7 Å². The predicted octanol–water partition coefficient (Wildman–Crippen LogP) is 3.50. The van der Waals surface area contributed by atoms with Crippen molar-refractivity contribution in [1.29, 1.82) is 0 Å². The molecular formula is C20H17NO6S. The molecule has 1 aromatic carbocycles. The minimum Gasteiger partial charge on any atom is -0.486 e. The highest BCUT2D eigenvalue weighted by Crippen LogP contribution is 2.34. The van der Waals surface area contributed by atoms with Crippen LogP contribution in [0.1, 0.15) is 15.2 Å². The van der Waals surface area contributed by atoms with E-state index in [4.69, 9.17) is 18.6 Å². The maximum absolute atomic E-state index is 12.9. The quantitative estimate of drug-likeness (QED) is 0.591. The molecule has 0 aliphatic carbocycles. The lowest BCUT2D eigenvalue weighted by Crippen LogP contribution is -2.34. The van der Waals surface area contributed by atoms with Crippen molar-refractivity contribution in [3.8, 4) is 11.5 Å². The number of esters is 1. The monoisotopic (exact) mass is 399 g/mol. The van der Waals surface area contributed by atoms with Gasteiger partial charge in [-0.3, -0.25) is 4.79 Å². The third-order valence-corrected chi connectivity index (χ3v) is 4.98. The third kappa shape index (κ3) is 4.01. The van der Waals surface area contributed by atoms with Gasteiger partial charge in [0.15, 0.2) is 18.1 Å². The van der Waals surface area contributed by atoms with E-state index in [-0.39, 0.29) is 18.1 Å². The topological polar surface area (TPSA) is 78.2 Å². The number of carbonyl (C=O) groups is 2. The first kappa shape index (κ1) is 18.1. The molecule has 3 aromatic rings. The van der Waals surface area contributed by atoms with E-state index < -0.39 is 5.97 Å². The van der Waals surface area contributed by atoms with E-state index in [1.54, 1.807) is 34.4 Å². The number of thiophene rings is 1. The number of ether oxygens (including phenoxy) is 3. The van der Waals surface area contributed by atoms with Gasteiger partial charge in [0.2, 0.25) is 0 Å². The van der Waals surface area contributed by atoms with Crippen LogP contribution in [0.4, 0.5) is 5.69 Å². The standard InChI is InChI=1S/C20H17NO6S/c22-19(13-27-20(23)14-5-6-24-12-14)21(11-16-2-1-9-28-16)15-3-4-17-18(10-15)26-8-7-25-17/h1-6,9-10,12H,7-8,11,13H2. The number of nitrogens with zero attached hydrogens (tertiary/aromatic N) is 1. The first-order valence-electron chi connectivity index (χ1n) is 8.62. The van der Waals surface area contributed by atoms with Crippen molar-refractivity contribution in [2.45, 2.75) is 6.54 Å². The maximum Gasteiger partial charge on any atom is 0.341 e. The summed E-state index contributed by atoms with van der Waals surface area (Å²) in [5, 5.41) is 1.95. The molecule has 7 nitrogen and oxygen atoms in total. The normalized spacial score (nSPS) is 12.4. The number of hydrogen-bond acceptors (Lipinski definition) is 7. The number of hydrogen-bond donors (Lipinski definition) is 0. The zero-order valence-corrected chi connectivity index (χ0v) is 15.6. The number of fused-ring (bicyclic) bond motifs is 1. The molecule has 0 N–H and O–H groups in total. The van der Waals surface area contributed by atoms with Gasteiger partial charge in [0.1, 0.15) is 19.5 Å². The molecule has 1 aliphatic heterocycles. The molecular weight excluding hydrogens is 382 g/mol. The van der Waals surface area contributed by atoms with Gasteiger partial charge >= 0.3 is 5.97 Å². The molecule has 144 valence electrons. The molecule has 2 aromatic heterocycles. The number of amides is 1. The van der Waals surface area contributed by atoms with Gasteiger partial charge < -0.3 is 23.5 Å². The van der Waals surface area contributed by atoms with Crippen LogP contribution >= 0.6 is 11.3 Å². The molecule has 0 fully saturated rings. The lowest BCUT2D eigenvalue weighted by molar-refractivity contribution is -0.121. The Hall–Kier alpha value is -3.26. The summed E-state index contributed by atoms with van der Waals surface area (Å²) in [5.74, 6) is 0.273. The largest absolute Gasteiger partial charge is 0.486 e. The van der Waals surface area contributed by atoms with Crippen LogP contribution in [-0.2, 0) is 16.1 Å². The Labute approximate surface area is 165 Å². The maximum atomic E-state index is 12.9. The molecule has 8 heteroatoms. The number of carbonyl (C=O) groups excluding carboxylic acids is 2. The van der Waals surface area contributed by atoms with E-state index >= 15 is 0 Å². The molecule has 0 bridgehead atoms. The summed E-state index contributed by atoms with van der Waals surface area (Å²) in [5.41, 5.74) is 0.902. The summed E-state index contributed by atoms with van der Waals surface area (Å²) in [6.45, 7) is 0.926. The Morgan fingerprint density at radius 3 is 2.71 bits per heavy atom. The van der Waals surface area contributed by atoms with Gasteiger partial charge in [-0.05, 0) is 29.6 Å². The highest BCUT2D eigenvalue weighted by molar-refractivity contribution is 7.09. The lowest BCUT2D eigenvalue weighted by atomic mass is 10.2. The Bertz CT molecular complexity index is 951. The zero-order valence-electron chi connectivity index (χ0n) is 14.8. The van der Waals surface area contributed by atoms with Crippen molar-refractivity contribution < 1.29 is 28.2 Å². The van der Waals surface area contributed by atoms with E-state index in [9.17, 15) is 9.59 Å². The minimum atomic E-state index is -0.611. The summed E-state index contributed by atoms with van der Waals surface area (Å²) in [6, 6.07) is 10.7. The Morgan fingerprint density at radius 2 is 1.96 bits per heavy atom. The van der Waals surface area contributed by atoms with Crippen molar-refractivity contribution >= 4 is 28.9 Å². The summed E-state index contributed by atoms with van der Waals surface area (Å²) < 4.78 is 21.2. The smallest absolute Gasteiger partial charge is 0.341 e. The number of benzene rings is 1. The van der Waals surface area contributed by atoms with Gasteiger partial charge in [0.25, 0.3) is 5.91 Å². The second-order valence-corrected chi connectivity index (χ2v) is 7.01. The Morgan fingerprint density at radius 1 is 1.11 bits per heavy atom. The summed E-state index contributed by atoms with van der Waals surface area (Å²) in [7, 11) is 0. The van der Waals surface area contributed by atoms with Gasteiger partial charge in [-0.1, -0.05) is 6.07 Å². The first-order chi connectivity index (χ1) is 13.7. The molecule has 0 unspecified atom stereocenters. The second-order valence-electron chi connectivity index (χ2n) is 5.98. The van der Waals surface area contributed by atoms with E-state index in [1.165, 1.54) is 18.6 Å². The fraction of sp³-hybridized carbons (Fsp3) is 0.200. The summed E-state index contributed by atoms with van der Waals surface area (Å²) in [4.78, 5) is 27.4. The number of anilines is 1.